The Balaban J connectivity index is 2.13. The largest absolute Gasteiger partial charge is 0.396 e. The Labute approximate surface area is 88.4 Å². The minimum Gasteiger partial charge on any atom is -0.396 e. The number of β-lactam (4-membered cyclic amide) rings is 1. The van der Waals surface area contributed by atoms with Crippen LogP contribution in [0.3, 0.4) is 0 Å². The van der Waals surface area contributed by atoms with Gasteiger partial charge in [0.1, 0.15) is 5.54 Å². The van der Waals surface area contributed by atoms with Crippen molar-refractivity contribution in [3.05, 3.63) is 0 Å². The molecule has 0 aliphatic carbocycles. The van der Waals surface area contributed by atoms with Crippen LogP contribution < -0.4 is 5.32 Å². The third kappa shape index (κ3) is 1.51. The van der Waals surface area contributed by atoms with E-state index in [-0.39, 0.29) is 24.8 Å². The summed E-state index contributed by atoms with van der Waals surface area (Å²) in [5, 5.41) is 11.4. The fourth-order valence-electron chi connectivity index (χ4n) is 2.41. The number of piperidine rings is 1. The van der Waals surface area contributed by atoms with Gasteiger partial charge in [-0.05, 0) is 19.3 Å². The van der Waals surface area contributed by atoms with E-state index >= 15 is 0 Å². The highest BCUT2D eigenvalue weighted by Crippen LogP contribution is 2.32. The summed E-state index contributed by atoms with van der Waals surface area (Å²) >= 11 is 0. The van der Waals surface area contributed by atoms with E-state index in [4.69, 9.17) is 5.11 Å². The summed E-state index contributed by atoms with van der Waals surface area (Å²) in [5.74, 6) is -0.138. The van der Waals surface area contributed by atoms with Crippen LogP contribution in [0, 0.1) is 0 Å². The summed E-state index contributed by atoms with van der Waals surface area (Å²) in [5.41, 5.74) is -0.579. The molecule has 5 heteroatoms. The Bertz CT molecular complexity index is 292. The lowest BCUT2D eigenvalue weighted by Crippen LogP contribution is -2.75. The number of aliphatic hydroxyl groups excluding tert-OH is 1. The van der Waals surface area contributed by atoms with Crippen LogP contribution in [-0.2, 0) is 9.59 Å². The smallest absolute Gasteiger partial charge is 0.247 e. The highest BCUT2D eigenvalue weighted by molar-refractivity contribution is 5.96. The van der Waals surface area contributed by atoms with Gasteiger partial charge in [0.2, 0.25) is 11.8 Å². The van der Waals surface area contributed by atoms with Crippen molar-refractivity contribution in [2.75, 3.05) is 19.7 Å². The summed E-state index contributed by atoms with van der Waals surface area (Å²) in [7, 11) is 0. The van der Waals surface area contributed by atoms with Gasteiger partial charge in [-0.15, -0.1) is 0 Å². The molecule has 1 spiro atoms. The molecule has 2 heterocycles. The van der Waals surface area contributed by atoms with Crippen LogP contribution in [0.25, 0.3) is 0 Å². The van der Waals surface area contributed by atoms with Gasteiger partial charge in [0.05, 0.1) is 6.61 Å². The number of aliphatic hydroxyl groups is 1. The number of hydrogen-bond acceptors (Lipinski definition) is 3. The molecule has 0 saturated carbocycles. The SMILES string of the molecule is O=C(CCO)N1CCCCC12CNC2=O. The van der Waals surface area contributed by atoms with E-state index < -0.39 is 5.54 Å². The summed E-state index contributed by atoms with van der Waals surface area (Å²) in [6.07, 6.45) is 2.83. The Morgan fingerprint density at radius 1 is 1.53 bits per heavy atom. The molecule has 84 valence electrons. The minimum absolute atomic E-state index is 0.0338. The van der Waals surface area contributed by atoms with Crippen molar-refractivity contribution < 1.29 is 14.7 Å². The zero-order valence-corrected chi connectivity index (χ0v) is 8.66. The second-order valence-corrected chi connectivity index (χ2v) is 4.19. The number of carbonyl (C=O) groups is 2. The maximum Gasteiger partial charge on any atom is 0.247 e. The van der Waals surface area contributed by atoms with Crippen molar-refractivity contribution in [2.45, 2.75) is 31.2 Å². The van der Waals surface area contributed by atoms with Crippen molar-refractivity contribution in [1.29, 1.82) is 0 Å². The van der Waals surface area contributed by atoms with Gasteiger partial charge in [-0.1, -0.05) is 0 Å². The highest BCUT2D eigenvalue weighted by Gasteiger charge is 2.53. The Kier molecular flexibility index (Phi) is 2.65. The van der Waals surface area contributed by atoms with Crippen molar-refractivity contribution in [1.82, 2.24) is 10.2 Å². The molecular formula is C10H16N2O3. The fraction of sp³-hybridized carbons (Fsp3) is 0.800. The van der Waals surface area contributed by atoms with Gasteiger partial charge in [0.25, 0.3) is 0 Å². The molecule has 1 unspecified atom stereocenters. The van der Waals surface area contributed by atoms with Crippen molar-refractivity contribution >= 4 is 11.8 Å². The van der Waals surface area contributed by atoms with Crippen LogP contribution in [-0.4, -0.2) is 47.1 Å². The first kappa shape index (κ1) is 10.4. The van der Waals surface area contributed by atoms with Crippen LogP contribution in [0.2, 0.25) is 0 Å². The summed E-state index contributed by atoms with van der Waals surface area (Å²) in [6, 6.07) is 0. The topological polar surface area (TPSA) is 69.6 Å². The zero-order chi connectivity index (χ0) is 10.9. The lowest BCUT2D eigenvalue weighted by atomic mass is 9.80. The van der Waals surface area contributed by atoms with Crippen molar-refractivity contribution in [3.8, 4) is 0 Å². The van der Waals surface area contributed by atoms with Gasteiger partial charge >= 0.3 is 0 Å². The zero-order valence-electron chi connectivity index (χ0n) is 8.66. The number of rotatable bonds is 2. The molecule has 5 nitrogen and oxygen atoms in total. The summed E-state index contributed by atoms with van der Waals surface area (Å²) < 4.78 is 0. The van der Waals surface area contributed by atoms with Crippen LogP contribution in [0.15, 0.2) is 0 Å². The molecule has 2 rings (SSSR count). The van der Waals surface area contributed by atoms with Gasteiger partial charge in [0, 0.05) is 19.5 Å². The quantitative estimate of drug-likeness (QED) is 0.592. The van der Waals surface area contributed by atoms with Crippen LogP contribution in [0.1, 0.15) is 25.7 Å². The highest BCUT2D eigenvalue weighted by atomic mass is 16.3. The average Bonchev–Trinajstić information content (AvgIpc) is 2.27. The van der Waals surface area contributed by atoms with Crippen molar-refractivity contribution in [2.24, 2.45) is 0 Å². The maximum atomic E-state index is 11.7. The number of likely N-dealkylation sites (tertiary alicyclic amines) is 1. The third-order valence-electron chi connectivity index (χ3n) is 3.33. The Morgan fingerprint density at radius 3 is 2.87 bits per heavy atom. The van der Waals surface area contributed by atoms with Crippen LogP contribution >= 0.6 is 0 Å². The average molecular weight is 212 g/mol. The molecule has 2 saturated heterocycles. The summed E-state index contributed by atoms with van der Waals surface area (Å²) in [4.78, 5) is 25.0. The van der Waals surface area contributed by atoms with E-state index in [1.807, 2.05) is 0 Å². The monoisotopic (exact) mass is 212 g/mol. The molecule has 15 heavy (non-hydrogen) atoms. The normalized spacial score (nSPS) is 29.9. The van der Waals surface area contributed by atoms with Gasteiger partial charge in [-0.3, -0.25) is 9.59 Å². The van der Waals surface area contributed by atoms with Gasteiger partial charge in [-0.2, -0.15) is 0 Å². The number of carbonyl (C=O) groups excluding carboxylic acids is 2. The molecule has 0 aromatic carbocycles. The van der Waals surface area contributed by atoms with E-state index in [1.165, 1.54) is 0 Å². The second-order valence-electron chi connectivity index (χ2n) is 4.19. The Morgan fingerprint density at radius 2 is 2.33 bits per heavy atom. The minimum atomic E-state index is -0.579. The first-order valence-corrected chi connectivity index (χ1v) is 5.40. The molecule has 0 radical (unpaired) electrons. The third-order valence-corrected chi connectivity index (χ3v) is 3.33. The predicted molar refractivity (Wildman–Crippen MR) is 53.0 cm³/mol. The molecule has 0 bridgehead atoms. The molecule has 0 aromatic rings. The van der Waals surface area contributed by atoms with Gasteiger partial charge < -0.3 is 15.3 Å². The molecule has 1 atom stereocenters. The maximum absolute atomic E-state index is 11.7. The van der Waals surface area contributed by atoms with E-state index in [0.717, 1.165) is 19.3 Å². The first-order chi connectivity index (χ1) is 7.20. The molecule has 2 amide bonds. The van der Waals surface area contributed by atoms with Crippen molar-refractivity contribution in [3.63, 3.8) is 0 Å². The van der Waals surface area contributed by atoms with E-state index in [0.29, 0.717) is 13.1 Å². The number of nitrogens with zero attached hydrogens (tertiary/aromatic N) is 1. The fourth-order valence-corrected chi connectivity index (χ4v) is 2.41. The summed E-state index contributed by atoms with van der Waals surface area (Å²) in [6.45, 7) is 1.07. The number of hydrogen-bond donors (Lipinski definition) is 2. The standard InChI is InChI=1S/C10H16N2O3/c13-6-3-8(14)12-5-2-1-4-10(12)7-11-9(10)15/h13H,1-7H2,(H,11,15). The lowest BCUT2D eigenvalue weighted by Gasteiger charge is -2.51. The first-order valence-electron chi connectivity index (χ1n) is 5.40. The molecule has 2 aliphatic rings. The predicted octanol–water partition coefficient (Wildman–Crippen LogP) is -0.750. The second kappa shape index (κ2) is 3.81. The van der Waals surface area contributed by atoms with Crippen LogP contribution in [0.4, 0.5) is 0 Å². The number of amides is 2. The lowest BCUT2D eigenvalue weighted by molar-refractivity contribution is -0.159. The van der Waals surface area contributed by atoms with E-state index in [9.17, 15) is 9.59 Å². The molecule has 2 N–H and O–H groups in total. The van der Waals surface area contributed by atoms with Crippen LogP contribution in [0.5, 0.6) is 0 Å². The molecular weight excluding hydrogens is 196 g/mol. The molecule has 2 fully saturated rings. The number of nitrogens with one attached hydrogen (secondary N) is 1. The molecule has 2 aliphatic heterocycles. The Hall–Kier alpha value is -1.10. The van der Waals surface area contributed by atoms with Gasteiger partial charge in [-0.25, -0.2) is 0 Å². The van der Waals surface area contributed by atoms with E-state index in [1.54, 1.807) is 4.90 Å². The molecule has 0 aromatic heterocycles. The van der Waals surface area contributed by atoms with Gasteiger partial charge in [0.15, 0.2) is 0 Å². The van der Waals surface area contributed by atoms with E-state index in [2.05, 4.69) is 5.32 Å².